The lowest BCUT2D eigenvalue weighted by molar-refractivity contribution is -0.664. The molecule has 1 aliphatic heterocycles. The zero-order valence-corrected chi connectivity index (χ0v) is 15.9. The van der Waals surface area contributed by atoms with E-state index in [0.29, 0.717) is 18.4 Å². The number of aryl methyl sites for hydroxylation is 1. The van der Waals surface area contributed by atoms with Crippen LogP contribution in [0.4, 0.5) is 0 Å². The van der Waals surface area contributed by atoms with E-state index in [-0.39, 0.29) is 11.4 Å². The van der Waals surface area contributed by atoms with Gasteiger partial charge in [0.25, 0.3) is 5.82 Å². The second-order valence-electron chi connectivity index (χ2n) is 7.30. The van der Waals surface area contributed by atoms with Crippen molar-refractivity contribution in [1.29, 1.82) is 0 Å². The van der Waals surface area contributed by atoms with Gasteiger partial charge in [-0.2, -0.15) is 4.57 Å². The number of benzene rings is 3. The topological polar surface area (TPSA) is 48.9 Å². The van der Waals surface area contributed by atoms with Crippen LogP contribution in [0.5, 0.6) is 5.88 Å². The van der Waals surface area contributed by atoms with Gasteiger partial charge in [0.2, 0.25) is 0 Å². The molecule has 0 radical (unpaired) electrons. The van der Waals surface area contributed by atoms with E-state index in [4.69, 9.17) is 0 Å². The molecule has 4 aromatic rings. The van der Waals surface area contributed by atoms with Crippen LogP contribution < -0.4 is 15.2 Å². The van der Waals surface area contributed by atoms with Gasteiger partial charge < -0.3 is 5.11 Å². The first kappa shape index (κ1) is 17.4. The second-order valence-corrected chi connectivity index (χ2v) is 7.30. The average Bonchev–Trinajstić information content (AvgIpc) is 2.78. The van der Waals surface area contributed by atoms with Gasteiger partial charge in [-0.05, 0) is 35.7 Å². The van der Waals surface area contributed by atoms with Gasteiger partial charge in [-0.1, -0.05) is 66.7 Å². The molecule has 0 N–H and O–H groups in total. The van der Waals surface area contributed by atoms with Crippen molar-refractivity contribution in [2.24, 2.45) is 0 Å². The fourth-order valence-corrected chi connectivity index (χ4v) is 4.15. The number of aromatic nitrogens is 2. The van der Waals surface area contributed by atoms with Crippen LogP contribution in [0.3, 0.4) is 0 Å². The third kappa shape index (κ3) is 2.93. The van der Waals surface area contributed by atoms with Gasteiger partial charge in [-0.15, -0.1) is 0 Å². The van der Waals surface area contributed by atoms with Gasteiger partial charge in [0.1, 0.15) is 11.4 Å². The molecule has 29 heavy (non-hydrogen) atoms. The van der Waals surface area contributed by atoms with E-state index in [9.17, 15) is 9.90 Å². The van der Waals surface area contributed by atoms with E-state index in [1.54, 1.807) is 9.13 Å². The smallest absolute Gasteiger partial charge is 0.345 e. The molecule has 142 valence electrons. The Morgan fingerprint density at radius 2 is 1.48 bits per heavy atom. The van der Waals surface area contributed by atoms with Crippen LogP contribution in [0.1, 0.15) is 22.5 Å². The summed E-state index contributed by atoms with van der Waals surface area (Å²) in [6.45, 7) is 0. The predicted molar refractivity (Wildman–Crippen MR) is 110 cm³/mol. The van der Waals surface area contributed by atoms with Crippen molar-refractivity contribution in [2.45, 2.75) is 19.3 Å². The molecule has 2 heterocycles. The van der Waals surface area contributed by atoms with Crippen molar-refractivity contribution in [3.05, 3.63) is 118 Å². The largest absolute Gasteiger partial charge is 0.842 e. The lowest BCUT2D eigenvalue weighted by Crippen LogP contribution is -2.50. The molecule has 0 fully saturated rings. The van der Waals surface area contributed by atoms with E-state index in [1.165, 1.54) is 0 Å². The highest BCUT2D eigenvalue weighted by molar-refractivity contribution is 5.41. The maximum atomic E-state index is 13.5. The molecular weight excluding hydrogens is 360 g/mol. The highest BCUT2D eigenvalue weighted by Crippen LogP contribution is 2.23. The minimum atomic E-state index is -0.226. The zero-order chi connectivity index (χ0) is 19.8. The Hall–Kier alpha value is -3.66. The summed E-state index contributed by atoms with van der Waals surface area (Å²) in [4.78, 5) is 13.5. The van der Waals surface area contributed by atoms with Crippen molar-refractivity contribution < 1.29 is 9.67 Å². The Balaban J connectivity index is 1.83. The van der Waals surface area contributed by atoms with Gasteiger partial charge in [-0.3, -0.25) is 0 Å². The minimum absolute atomic E-state index is 0.215. The van der Waals surface area contributed by atoms with Crippen LogP contribution in [-0.2, 0) is 19.3 Å². The number of rotatable bonds is 3. The molecule has 1 aliphatic rings. The van der Waals surface area contributed by atoms with Crippen LogP contribution in [0.2, 0.25) is 0 Å². The van der Waals surface area contributed by atoms with E-state index >= 15 is 0 Å². The molecule has 0 spiro atoms. The number of hydrogen-bond acceptors (Lipinski definition) is 2. The van der Waals surface area contributed by atoms with Crippen molar-refractivity contribution in [2.75, 3.05) is 0 Å². The SMILES string of the molecule is O=c1c(Cc2ccccc2)c([O-])[n+]2c(n1-c1ccccc1)CCc1ccccc1-2. The third-order valence-corrected chi connectivity index (χ3v) is 5.53. The first-order valence-electron chi connectivity index (χ1n) is 9.81. The van der Waals surface area contributed by atoms with Crippen molar-refractivity contribution >= 4 is 0 Å². The fourth-order valence-electron chi connectivity index (χ4n) is 4.15. The molecule has 5 rings (SSSR count). The Morgan fingerprint density at radius 3 is 2.24 bits per heavy atom. The highest BCUT2D eigenvalue weighted by Gasteiger charge is 2.30. The quantitative estimate of drug-likeness (QED) is 0.513. The number of hydrogen-bond donors (Lipinski definition) is 0. The molecule has 0 atom stereocenters. The summed E-state index contributed by atoms with van der Waals surface area (Å²) in [5.41, 5.74) is 3.81. The lowest BCUT2D eigenvalue weighted by Gasteiger charge is -2.25. The average molecular weight is 380 g/mol. The van der Waals surface area contributed by atoms with Crippen LogP contribution in [-0.4, -0.2) is 4.57 Å². The summed E-state index contributed by atoms with van der Waals surface area (Å²) in [6.07, 6.45) is 1.76. The molecule has 0 unspecified atom stereocenters. The molecular formula is C25H20N2O2. The maximum Gasteiger partial charge on any atom is 0.345 e. The Kier molecular flexibility index (Phi) is 4.24. The Bertz CT molecular complexity index is 1250. The standard InChI is InChI=1S/C25H20N2O2/c28-24-21(17-18-9-3-1-4-10-18)25(29)27-22-14-8-7-11-19(22)15-16-23(27)26(24)20-12-5-2-6-13-20/h1-14H,15-17H2. The first-order chi connectivity index (χ1) is 14.2. The van der Waals surface area contributed by atoms with Gasteiger partial charge in [0.15, 0.2) is 0 Å². The van der Waals surface area contributed by atoms with Gasteiger partial charge in [-0.25, -0.2) is 9.36 Å². The summed E-state index contributed by atoms with van der Waals surface area (Å²) in [7, 11) is 0. The van der Waals surface area contributed by atoms with Crippen LogP contribution in [0.15, 0.2) is 89.7 Å². The Morgan fingerprint density at radius 1 is 0.828 bits per heavy atom. The minimum Gasteiger partial charge on any atom is -0.842 e. The molecule has 1 aromatic heterocycles. The molecule has 0 aliphatic carbocycles. The summed E-state index contributed by atoms with van der Waals surface area (Å²) < 4.78 is 3.46. The van der Waals surface area contributed by atoms with Crippen LogP contribution in [0.25, 0.3) is 11.4 Å². The van der Waals surface area contributed by atoms with E-state index in [1.807, 2.05) is 78.9 Å². The highest BCUT2D eigenvalue weighted by atomic mass is 16.3. The van der Waals surface area contributed by atoms with E-state index < -0.39 is 0 Å². The normalized spacial score (nSPS) is 12.3. The van der Waals surface area contributed by atoms with E-state index in [2.05, 4.69) is 6.07 Å². The second kappa shape index (κ2) is 7.06. The monoisotopic (exact) mass is 380 g/mol. The van der Waals surface area contributed by atoms with Gasteiger partial charge >= 0.3 is 5.56 Å². The van der Waals surface area contributed by atoms with Crippen molar-refractivity contribution in [3.63, 3.8) is 0 Å². The summed E-state index contributed by atoms with van der Waals surface area (Å²) in [5, 5.41) is 13.5. The summed E-state index contributed by atoms with van der Waals surface area (Å²) in [5.74, 6) is 0.523. The molecule has 0 bridgehead atoms. The van der Waals surface area contributed by atoms with E-state index in [0.717, 1.165) is 34.7 Å². The summed E-state index contributed by atoms with van der Waals surface area (Å²) in [6, 6.07) is 27.2. The zero-order valence-electron chi connectivity index (χ0n) is 15.9. The molecule has 4 heteroatoms. The molecule has 0 saturated heterocycles. The van der Waals surface area contributed by atoms with Crippen LogP contribution in [0, 0.1) is 0 Å². The molecule has 3 aromatic carbocycles. The molecule has 0 amide bonds. The molecule has 4 nitrogen and oxygen atoms in total. The van der Waals surface area contributed by atoms with Gasteiger partial charge in [0.05, 0.1) is 17.9 Å². The van der Waals surface area contributed by atoms with Crippen molar-refractivity contribution in [3.8, 4) is 17.3 Å². The van der Waals surface area contributed by atoms with Crippen LogP contribution >= 0.6 is 0 Å². The lowest BCUT2D eigenvalue weighted by atomic mass is 10.0. The summed E-state index contributed by atoms with van der Waals surface area (Å²) >= 11 is 0. The fraction of sp³-hybridized carbons (Fsp3) is 0.120. The third-order valence-electron chi connectivity index (χ3n) is 5.53. The number of nitrogens with zero attached hydrogens (tertiary/aromatic N) is 2. The number of para-hydroxylation sites is 2. The number of fused-ring (bicyclic) bond motifs is 3. The Labute approximate surface area is 169 Å². The predicted octanol–water partition coefficient (Wildman–Crippen LogP) is 2.88. The molecule has 0 saturated carbocycles. The first-order valence-corrected chi connectivity index (χ1v) is 9.81. The van der Waals surface area contributed by atoms with Gasteiger partial charge in [0, 0.05) is 6.42 Å². The van der Waals surface area contributed by atoms with Crippen molar-refractivity contribution in [1.82, 2.24) is 4.57 Å². The maximum absolute atomic E-state index is 13.5.